The minimum absolute atomic E-state index is 0.829. The van der Waals surface area contributed by atoms with Crippen molar-refractivity contribution in [2.24, 2.45) is 4.99 Å². The Labute approximate surface area is 68.3 Å². The van der Waals surface area contributed by atoms with Crippen LogP contribution in [-0.4, -0.2) is 30.4 Å². The Bertz CT molecular complexity index is 154. The normalized spacial score (nSPS) is 31.3. The Hall–Kier alpha value is -0.530. The van der Waals surface area contributed by atoms with Crippen LogP contribution in [0, 0.1) is 0 Å². The summed E-state index contributed by atoms with van der Waals surface area (Å²) in [5.74, 6) is 0. The molecule has 2 rings (SSSR count). The third-order valence-corrected chi connectivity index (χ3v) is 2.74. The zero-order chi connectivity index (χ0) is 7.52. The summed E-state index contributed by atoms with van der Waals surface area (Å²) in [4.78, 5) is 6.74. The van der Waals surface area contributed by atoms with Gasteiger partial charge in [-0.25, -0.2) is 0 Å². The molecule has 1 unspecified atom stereocenters. The highest BCUT2D eigenvalue weighted by molar-refractivity contribution is 5.56. The van der Waals surface area contributed by atoms with E-state index in [1.54, 1.807) is 0 Å². The molecule has 0 radical (unpaired) electrons. The lowest BCUT2D eigenvalue weighted by molar-refractivity contribution is 0.296. The van der Waals surface area contributed by atoms with Crippen LogP contribution in [0.5, 0.6) is 0 Å². The minimum Gasteiger partial charge on any atom is -0.360 e. The predicted octanol–water partition coefficient (Wildman–Crippen LogP) is 1.66. The molecular weight excluding hydrogens is 136 g/mol. The van der Waals surface area contributed by atoms with Crippen molar-refractivity contribution in [2.75, 3.05) is 13.1 Å². The Kier molecular flexibility index (Phi) is 2.11. The van der Waals surface area contributed by atoms with Crippen LogP contribution >= 0.6 is 0 Å². The molecule has 0 saturated carbocycles. The first-order valence-electron chi connectivity index (χ1n) is 4.72. The summed E-state index contributed by atoms with van der Waals surface area (Å²) < 4.78 is 0. The molecule has 1 atom stereocenters. The summed E-state index contributed by atoms with van der Waals surface area (Å²) in [5, 5.41) is 0. The Morgan fingerprint density at radius 3 is 3.18 bits per heavy atom. The van der Waals surface area contributed by atoms with Gasteiger partial charge in [0.15, 0.2) is 0 Å². The summed E-state index contributed by atoms with van der Waals surface area (Å²) in [7, 11) is 0. The van der Waals surface area contributed by atoms with Crippen LogP contribution in [0.25, 0.3) is 0 Å². The molecule has 1 saturated heterocycles. The van der Waals surface area contributed by atoms with E-state index in [0.29, 0.717) is 0 Å². The van der Waals surface area contributed by atoms with Gasteiger partial charge in [-0.2, -0.15) is 0 Å². The molecule has 2 heteroatoms. The predicted molar refractivity (Wildman–Crippen MR) is 46.9 cm³/mol. The van der Waals surface area contributed by atoms with E-state index >= 15 is 0 Å². The molecule has 0 aromatic heterocycles. The van der Waals surface area contributed by atoms with Gasteiger partial charge in [-0.05, 0) is 19.3 Å². The second-order valence-electron chi connectivity index (χ2n) is 3.55. The van der Waals surface area contributed by atoms with E-state index in [0.717, 1.165) is 12.6 Å². The highest BCUT2D eigenvalue weighted by atomic mass is 15.2. The van der Waals surface area contributed by atoms with E-state index in [1.807, 2.05) is 0 Å². The fourth-order valence-corrected chi connectivity index (χ4v) is 2.05. The SMILES string of the molecule is C1=NCCC2CCCCCN12. The largest absolute Gasteiger partial charge is 0.360 e. The van der Waals surface area contributed by atoms with Crippen LogP contribution in [0.3, 0.4) is 0 Å². The molecule has 0 aromatic rings. The van der Waals surface area contributed by atoms with Gasteiger partial charge in [0.2, 0.25) is 0 Å². The lowest BCUT2D eigenvalue weighted by Crippen LogP contribution is -2.36. The second-order valence-corrected chi connectivity index (χ2v) is 3.55. The fourth-order valence-electron chi connectivity index (χ4n) is 2.05. The Morgan fingerprint density at radius 2 is 2.18 bits per heavy atom. The monoisotopic (exact) mass is 152 g/mol. The van der Waals surface area contributed by atoms with Crippen LogP contribution in [0.4, 0.5) is 0 Å². The van der Waals surface area contributed by atoms with Crippen molar-refractivity contribution < 1.29 is 0 Å². The van der Waals surface area contributed by atoms with Crippen LogP contribution in [0.1, 0.15) is 32.1 Å². The lowest BCUT2D eigenvalue weighted by atomic mass is 10.1. The smallest absolute Gasteiger partial charge is 0.0852 e. The molecule has 0 amide bonds. The van der Waals surface area contributed by atoms with Gasteiger partial charge in [-0.15, -0.1) is 0 Å². The van der Waals surface area contributed by atoms with Crippen molar-refractivity contribution in [3.05, 3.63) is 0 Å². The molecule has 0 aliphatic carbocycles. The molecule has 62 valence electrons. The summed E-state index contributed by atoms with van der Waals surface area (Å²) in [6.45, 7) is 2.30. The first kappa shape index (κ1) is 7.14. The first-order valence-corrected chi connectivity index (χ1v) is 4.72. The molecule has 0 aromatic carbocycles. The average molecular weight is 152 g/mol. The van der Waals surface area contributed by atoms with Gasteiger partial charge < -0.3 is 4.90 Å². The number of hydrogen-bond acceptors (Lipinski definition) is 2. The van der Waals surface area contributed by atoms with Gasteiger partial charge in [0.25, 0.3) is 0 Å². The van der Waals surface area contributed by atoms with Crippen molar-refractivity contribution in [3.8, 4) is 0 Å². The fraction of sp³-hybridized carbons (Fsp3) is 0.889. The van der Waals surface area contributed by atoms with Crippen LogP contribution in [0.2, 0.25) is 0 Å². The van der Waals surface area contributed by atoms with Crippen LogP contribution in [-0.2, 0) is 0 Å². The van der Waals surface area contributed by atoms with Crippen molar-refractivity contribution in [1.82, 2.24) is 4.90 Å². The summed E-state index contributed by atoms with van der Waals surface area (Å²) in [5.41, 5.74) is 0. The van der Waals surface area contributed by atoms with Crippen molar-refractivity contribution in [2.45, 2.75) is 38.1 Å². The average Bonchev–Trinajstić information content (AvgIpc) is 2.28. The molecule has 0 bridgehead atoms. The minimum atomic E-state index is 0.829. The van der Waals surface area contributed by atoms with Gasteiger partial charge in [0.05, 0.1) is 6.34 Å². The first-order chi connectivity index (χ1) is 5.47. The highest BCUT2D eigenvalue weighted by Crippen LogP contribution is 2.19. The Balaban J connectivity index is 2.02. The molecule has 0 N–H and O–H groups in total. The van der Waals surface area contributed by atoms with Gasteiger partial charge >= 0.3 is 0 Å². The molecule has 2 heterocycles. The summed E-state index contributed by atoms with van der Waals surface area (Å²) in [6.07, 6.45) is 8.96. The third-order valence-electron chi connectivity index (χ3n) is 2.74. The molecule has 2 nitrogen and oxygen atoms in total. The molecular formula is C9H16N2. The van der Waals surface area contributed by atoms with E-state index < -0.39 is 0 Å². The van der Waals surface area contributed by atoms with Crippen molar-refractivity contribution in [3.63, 3.8) is 0 Å². The summed E-state index contributed by atoms with van der Waals surface area (Å²) >= 11 is 0. The molecule has 2 aliphatic rings. The number of fused-ring (bicyclic) bond motifs is 1. The van der Waals surface area contributed by atoms with Gasteiger partial charge in [0.1, 0.15) is 0 Å². The van der Waals surface area contributed by atoms with E-state index in [9.17, 15) is 0 Å². The quantitative estimate of drug-likeness (QED) is 0.515. The lowest BCUT2D eigenvalue weighted by Gasteiger charge is -2.30. The molecule has 0 spiro atoms. The topological polar surface area (TPSA) is 15.6 Å². The summed E-state index contributed by atoms with van der Waals surface area (Å²) in [6, 6.07) is 0.829. The van der Waals surface area contributed by atoms with Crippen molar-refractivity contribution in [1.29, 1.82) is 0 Å². The third kappa shape index (κ3) is 1.55. The molecule has 11 heavy (non-hydrogen) atoms. The maximum atomic E-state index is 4.30. The van der Waals surface area contributed by atoms with Gasteiger partial charge in [0, 0.05) is 19.1 Å². The number of nitrogens with zero attached hydrogens (tertiary/aromatic N) is 2. The molecule has 2 aliphatic heterocycles. The number of rotatable bonds is 0. The second kappa shape index (κ2) is 3.24. The number of hydrogen-bond donors (Lipinski definition) is 0. The van der Waals surface area contributed by atoms with Crippen molar-refractivity contribution >= 4 is 6.34 Å². The Morgan fingerprint density at radius 1 is 1.18 bits per heavy atom. The zero-order valence-corrected chi connectivity index (χ0v) is 7.00. The van der Waals surface area contributed by atoms with E-state index in [-0.39, 0.29) is 0 Å². The van der Waals surface area contributed by atoms with E-state index in [1.165, 1.54) is 38.6 Å². The van der Waals surface area contributed by atoms with Crippen LogP contribution in [0.15, 0.2) is 4.99 Å². The van der Waals surface area contributed by atoms with E-state index in [4.69, 9.17) is 0 Å². The maximum Gasteiger partial charge on any atom is 0.0852 e. The van der Waals surface area contributed by atoms with Gasteiger partial charge in [-0.3, -0.25) is 4.99 Å². The zero-order valence-electron chi connectivity index (χ0n) is 7.00. The van der Waals surface area contributed by atoms with Crippen LogP contribution < -0.4 is 0 Å². The number of aliphatic imine (C=N–C) groups is 1. The highest BCUT2D eigenvalue weighted by Gasteiger charge is 2.19. The van der Waals surface area contributed by atoms with E-state index in [2.05, 4.69) is 16.2 Å². The van der Waals surface area contributed by atoms with Gasteiger partial charge in [-0.1, -0.05) is 12.8 Å². The molecule has 1 fully saturated rings. The standard InChI is InChI=1S/C9H16N2/c1-2-4-9-5-6-10-8-11(9)7-3-1/h8-9H,1-7H2. The maximum absolute atomic E-state index is 4.30.